The highest BCUT2D eigenvalue weighted by Gasteiger charge is 2.45. The Morgan fingerprint density at radius 2 is 1.79 bits per heavy atom. The third-order valence-electron chi connectivity index (χ3n) is 5.67. The molecule has 0 saturated carbocycles. The van der Waals surface area contributed by atoms with Crippen LogP contribution in [0.2, 0.25) is 0 Å². The molecule has 0 N–H and O–H groups in total. The number of urea groups is 1. The first-order valence-corrected chi connectivity index (χ1v) is 9.90. The summed E-state index contributed by atoms with van der Waals surface area (Å²) in [5.74, 6) is -2.09. The van der Waals surface area contributed by atoms with Gasteiger partial charge in [-0.15, -0.1) is 0 Å². The number of Topliss-reactive ketones (excluding diaryl/α,β-unsaturated/α-hetero) is 1. The summed E-state index contributed by atoms with van der Waals surface area (Å²) in [5.41, 5.74) is 3.46. The van der Waals surface area contributed by atoms with Crippen LogP contribution in [0.4, 0.5) is 4.79 Å². The van der Waals surface area contributed by atoms with Crippen LogP contribution in [0.1, 0.15) is 60.8 Å². The summed E-state index contributed by atoms with van der Waals surface area (Å²) in [6, 6.07) is 1.07. The molecule has 1 fully saturated rings. The molecule has 0 radical (unpaired) electrons. The number of carbonyl (C=O) groups excluding carboxylic acids is 4. The van der Waals surface area contributed by atoms with Gasteiger partial charge < -0.3 is 4.57 Å². The Morgan fingerprint density at radius 1 is 1.07 bits per heavy atom. The molecule has 7 nitrogen and oxygen atoms in total. The molecule has 4 amide bonds. The highest BCUT2D eigenvalue weighted by Crippen LogP contribution is 2.22. The van der Waals surface area contributed by atoms with Crippen molar-refractivity contribution in [3.05, 3.63) is 34.7 Å². The first-order chi connectivity index (χ1) is 13.3. The third-order valence-corrected chi connectivity index (χ3v) is 5.67. The van der Waals surface area contributed by atoms with Crippen LogP contribution in [0.5, 0.6) is 0 Å². The van der Waals surface area contributed by atoms with Crippen LogP contribution >= 0.6 is 0 Å². The summed E-state index contributed by atoms with van der Waals surface area (Å²) in [7, 11) is 0. The van der Waals surface area contributed by atoms with Crippen molar-refractivity contribution in [2.24, 2.45) is 0 Å². The summed E-state index contributed by atoms with van der Waals surface area (Å²) in [4.78, 5) is 51.6. The summed E-state index contributed by atoms with van der Waals surface area (Å²) >= 11 is 0. The number of ketones is 1. The minimum absolute atomic E-state index is 0.185. The Hall–Kier alpha value is -2.70. The van der Waals surface area contributed by atoms with Crippen molar-refractivity contribution in [2.45, 2.75) is 59.4 Å². The van der Waals surface area contributed by atoms with E-state index in [0.29, 0.717) is 12.0 Å². The van der Waals surface area contributed by atoms with E-state index in [4.69, 9.17) is 0 Å². The van der Waals surface area contributed by atoms with Crippen LogP contribution in [0, 0.1) is 13.8 Å². The predicted molar refractivity (Wildman–Crippen MR) is 104 cm³/mol. The molecule has 0 spiro atoms. The Kier molecular flexibility index (Phi) is 5.82. The molecule has 3 rings (SSSR count). The van der Waals surface area contributed by atoms with Crippen molar-refractivity contribution in [1.82, 2.24) is 14.4 Å². The van der Waals surface area contributed by atoms with Crippen molar-refractivity contribution >= 4 is 23.6 Å². The van der Waals surface area contributed by atoms with Crippen LogP contribution in [0.25, 0.3) is 0 Å². The molecule has 0 aromatic carbocycles. The van der Waals surface area contributed by atoms with Crippen molar-refractivity contribution < 1.29 is 19.2 Å². The SMILES string of the molecule is CCn1c(C)cc(C(=O)CN2C(=O)C(=O)N(CCC3=CCCCC3)C2=O)c1C. The fourth-order valence-electron chi connectivity index (χ4n) is 4.07. The normalized spacial score (nSPS) is 17.5. The maximum absolute atomic E-state index is 12.7. The van der Waals surface area contributed by atoms with E-state index in [1.54, 1.807) is 6.07 Å². The zero-order chi connectivity index (χ0) is 20.4. The molecule has 1 saturated heterocycles. The second-order valence-electron chi connectivity index (χ2n) is 7.44. The first-order valence-electron chi connectivity index (χ1n) is 9.90. The number of hydrogen-bond donors (Lipinski definition) is 0. The van der Waals surface area contributed by atoms with Gasteiger partial charge in [-0.25, -0.2) is 9.69 Å². The van der Waals surface area contributed by atoms with Crippen molar-refractivity contribution in [1.29, 1.82) is 0 Å². The lowest BCUT2D eigenvalue weighted by atomic mass is 9.97. The van der Waals surface area contributed by atoms with Crippen molar-refractivity contribution in [3.63, 3.8) is 0 Å². The second-order valence-corrected chi connectivity index (χ2v) is 7.44. The van der Waals surface area contributed by atoms with E-state index in [0.717, 1.165) is 53.4 Å². The van der Waals surface area contributed by atoms with Crippen molar-refractivity contribution in [3.8, 4) is 0 Å². The smallest absolute Gasteiger partial charge is 0.334 e. The minimum atomic E-state index is -0.916. The average Bonchev–Trinajstić information content (AvgIpc) is 3.08. The fourth-order valence-corrected chi connectivity index (χ4v) is 4.07. The van der Waals surface area contributed by atoms with E-state index >= 15 is 0 Å². The first kappa shape index (κ1) is 20.0. The van der Waals surface area contributed by atoms with E-state index in [-0.39, 0.29) is 12.3 Å². The standard InChI is InChI=1S/C21H27N3O4/c1-4-22-14(2)12-17(15(22)3)18(25)13-24-20(27)19(26)23(21(24)28)11-10-16-8-6-5-7-9-16/h8,12H,4-7,9-11,13H2,1-3H3. The minimum Gasteiger partial charge on any atom is -0.349 e. The third kappa shape index (κ3) is 3.66. The number of allylic oxidation sites excluding steroid dienone is 1. The number of aromatic nitrogens is 1. The number of rotatable bonds is 7. The fraction of sp³-hybridized carbons (Fsp3) is 0.524. The quantitative estimate of drug-likeness (QED) is 0.313. The second kappa shape index (κ2) is 8.12. The van der Waals surface area contributed by atoms with Gasteiger partial charge in [-0.2, -0.15) is 0 Å². The average molecular weight is 385 g/mol. The van der Waals surface area contributed by atoms with Crippen LogP contribution in [-0.4, -0.2) is 51.1 Å². The van der Waals surface area contributed by atoms with Gasteiger partial charge in [-0.1, -0.05) is 11.6 Å². The number of aryl methyl sites for hydroxylation is 1. The zero-order valence-corrected chi connectivity index (χ0v) is 16.8. The van der Waals surface area contributed by atoms with Crippen LogP contribution in [-0.2, 0) is 16.1 Å². The molecule has 1 aromatic rings. The number of carbonyl (C=O) groups is 4. The summed E-state index contributed by atoms with van der Waals surface area (Å²) < 4.78 is 2.00. The highest BCUT2D eigenvalue weighted by molar-refractivity contribution is 6.45. The van der Waals surface area contributed by atoms with Gasteiger partial charge in [0.1, 0.15) is 0 Å². The van der Waals surface area contributed by atoms with Gasteiger partial charge in [0.25, 0.3) is 0 Å². The van der Waals surface area contributed by atoms with Gasteiger partial charge >= 0.3 is 17.8 Å². The zero-order valence-electron chi connectivity index (χ0n) is 16.8. The lowest BCUT2D eigenvalue weighted by molar-refractivity contribution is -0.143. The van der Waals surface area contributed by atoms with Crippen LogP contribution in [0.15, 0.2) is 17.7 Å². The molecule has 2 aliphatic rings. The van der Waals surface area contributed by atoms with E-state index in [2.05, 4.69) is 6.08 Å². The summed E-state index contributed by atoms with van der Waals surface area (Å²) in [5, 5.41) is 0. The van der Waals surface area contributed by atoms with E-state index in [1.807, 2.05) is 25.3 Å². The van der Waals surface area contributed by atoms with Crippen molar-refractivity contribution in [2.75, 3.05) is 13.1 Å². The Morgan fingerprint density at radius 3 is 2.39 bits per heavy atom. The van der Waals surface area contributed by atoms with Gasteiger partial charge in [0.2, 0.25) is 0 Å². The van der Waals surface area contributed by atoms with Gasteiger partial charge in [0.05, 0.1) is 6.54 Å². The highest BCUT2D eigenvalue weighted by atomic mass is 16.2. The van der Waals surface area contributed by atoms with Gasteiger partial charge in [0, 0.05) is 30.0 Å². The number of hydrogen-bond acceptors (Lipinski definition) is 4. The van der Waals surface area contributed by atoms with Crippen LogP contribution < -0.4 is 0 Å². The van der Waals surface area contributed by atoms with Gasteiger partial charge in [0.15, 0.2) is 5.78 Å². The van der Waals surface area contributed by atoms with E-state index in [9.17, 15) is 19.2 Å². The Bertz CT molecular complexity index is 865. The Balaban J connectivity index is 1.69. The molecule has 1 aliphatic carbocycles. The molecule has 2 heterocycles. The van der Waals surface area contributed by atoms with E-state index < -0.39 is 24.4 Å². The van der Waals surface area contributed by atoms with E-state index in [1.165, 1.54) is 5.57 Å². The number of nitrogens with zero attached hydrogens (tertiary/aromatic N) is 3. The number of amides is 4. The number of imide groups is 2. The van der Waals surface area contributed by atoms with Crippen LogP contribution in [0.3, 0.4) is 0 Å². The molecule has 7 heteroatoms. The molecule has 0 unspecified atom stereocenters. The molecule has 1 aromatic heterocycles. The predicted octanol–water partition coefficient (Wildman–Crippen LogP) is 2.99. The molecular formula is C21H27N3O4. The molecule has 1 aliphatic heterocycles. The largest absolute Gasteiger partial charge is 0.349 e. The molecule has 0 bridgehead atoms. The summed E-state index contributed by atoms with van der Waals surface area (Å²) in [6.45, 7) is 6.24. The lowest BCUT2D eigenvalue weighted by Crippen LogP contribution is -2.37. The molecular weight excluding hydrogens is 358 g/mol. The summed E-state index contributed by atoms with van der Waals surface area (Å²) in [6.07, 6.45) is 7.01. The molecule has 0 atom stereocenters. The lowest BCUT2D eigenvalue weighted by Gasteiger charge is -2.17. The monoisotopic (exact) mass is 385 g/mol. The van der Waals surface area contributed by atoms with Gasteiger partial charge in [-0.05, 0) is 58.9 Å². The molecule has 28 heavy (non-hydrogen) atoms. The van der Waals surface area contributed by atoms with Gasteiger partial charge in [-0.3, -0.25) is 19.3 Å². The maximum Gasteiger partial charge on any atom is 0.334 e. The topological polar surface area (TPSA) is 79.7 Å². The molecule has 150 valence electrons. The maximum atomic E-state index is 12.7. The Labute approximate surface area is 165 Å².